The summed E-state index contributed by atoms with van der Waals surface area (Å²) < 4.78 is 5.16. The molecule has 1 heterocycles. The number of fused-ring (bicyclic) bond motifs is 1. The van der Waals surface area contributed by atoms with Gasteiger partial charge >= 0.3 is 0 Å². The van der Waals surface area contributed by atoms with Crippen LogP contribution in [0.5, 0.6) is 5.75 Å². The summed E-state index contributed by atoms with van der Waals surface area (Å²) in [5, 5.41) is 0. The third-order valence-electron chi connectivity index (χ3n) is 2.55. The molecule has 0 N–H and O–H groups in total. The number of hydrogen-bond donors (Lipinski definition) is 0. The van der Waals surface area contributed by atoms with Crippen LogP contribution in [0.4, 0.5) is 5.69 Å². The average molecular weight is 230 g/mol. The molecule has 0 aromatic heterocycles. The van der Waals surface area contributed by atoms with Crippen molar-refractivity contribution in [2.75, 3.05) is 18.0 Å². The van der Waals surface area contributed by atoms with Crippen LogP contribution in [-0.2, 0) is 6.42 Å². The second kappa shape index (κ2) is 4.32. The van der Waals surface area contributed by atoms with E-state index in [1.54, 1.807) is 0 Å². The fourth-order valence-electron chi connectivity index (χ4n) is 1.86. The molecule has 0 radical (unpaired) electrons. The van der Waals surface area contributed by atoms with Gasteiger partial charge in [-0.1, -0.05) is 0 Å². The number of benzene rings is 1. The Kier molecular flexibility index (Phi) is 3.08. The van der Waals surface area contributed by atoms with Crippen molar-refractivity contribution in [3.8, 4) is 5.75 Å². The Morgan fingerprint density at radius 2 is 2.43 bits per heavy atom. The van der Waals surface area contributed by atoms with Crippen molar-refractivity contribution in [1.29, 1.82) is 0 Å². The van der Waals surface area contributed by atoms with Crippen molar-refractivity contribution in [3.63, 3.8) is 0 Å². The predicted molar refractivity (Wildman–Crippen MR) is 62.1 cm³/mol. The highest BCUT2D eigenvalue weighted by Crippen LogP contribution is 2.32. The van der Waals surface area contributed by atoms with Gasteiger partial charge in [0.1, 0.15) is 5.75 Å². The van der Waals surface area contributed by atoms with Crippen LogP contribution >= 0.6 is 21.9 Å². The largest absolute Gasteiger partial charge is 0.409 e. The van der Waals surface area contributed by atoms with Gasteiger partial charge in [-0.05, 0) is 37.1 Å². The third-order valence-corrected chi connectivity index (χ3v) is 3.00. The number of likely N-dealkylation sites (N-methyl/N-ethyl adjacent to an activating group) is 1. The zero-order valence-electron chi connectivity index (χ0n) is 8.00. The summed E-state index contributed by atoms with van der Waals surface area (Å²) in [5.41, 5.74) is 2.69. The average Bonchev–Trinajstić information content (AvgIpc) is 2.60. The van der Waals surface area contributed by atoms with E-state index in [0.717, 1.165) is 36.5 Å². The first-order chi connectivity index (χ1) is 6.85. The normalized spacial score (nSPS) is 14.3. The van der Waals surface area contributed by atoms with E-state index in [-0.39, 0.29) is 0 Å². The van der Waals surface area contributed by atoms with Gasteiger partial charge in [0.05, 0.1) is 0 Å². The van der Waals surface area contributed by atoms with Gasteiger partial charge < -0.3 is 9.08 Å². The summed E-state index contributed by atoms with van der Waals surface area (Å²) in [7, 11) is 5.43. The summed E-state index contributed by atoms with van der Waals surface area (Å²) in [4.78, 5) is 2.37. The minimum atomic E-state index is 0.835. The zero-order valence-corrected chi connectivity index (χ0v) is 9.57. The van der Waals surface area contributed by atoms with Gasteiger partial charge in [-0.3, -0.25) is 0 Å². The number of nitrogens with zero attached hydrogens (tertiary/aromatic N) is 1. The standard InChI is InChI=1S/C10H12ClNOS/c1-2-12-6-5-8-7-9(13-14-11)3-4-10(8)12/h3-4,7H,2,5-6H2,1H3. The minimum absolute atomic E-state index is 0.835. The monoisotopic (exact) mass is 229 g/mol. The van der Waals surface area contributed by atoms with Crippen LogP contribution < -0.4 is 9.08 Å². The smallest absolute Gasteiger partial charge is 0.166 e. The van der Waals surface area contributed by atoms with Gasteiger partial charge in [-0.25, -0.2) is 0 Å². The van der Waals surface area contributed by atoms with E-state index < -0.39 is 0 Å². The fraction of sp³-hybridized carbons (Fsp3) is 0.400. The van der Waals surface area contributed by atoms with E-state index in [0.29, 0.717) is 0 Å². The Balaban J connectivity index is 2.25. The van der Waals surface area contributed by atoms with Crippen LogP contribution in [0.15, 0.2) is 18.2 Å². The summed E-state index contributed by atoms with van der Waals surface area (Å²) in [6.07, 6.45) is 1.10. The molecule has 0 amide bonds. The van der Waals surface area contributed by atoms with Crippen molar-refractivity contribution in [3.05, 3.63) is 23.8 Å². The van der Waals surface area contributed by atoms with Crippen LogP contribution in [0, 0.1) is 0 Å². The first-order valence-electron chi connectivity index (χ1n) is 4.68. The zero-order chi connectivity index (χ0) is 9.97. The quantitative estimate of drug-likeness (QED) is 0.739. The lowest BCUT2D eigenvalue weighted by Crippen LogP contribution is -2.18. The molecule has 76 valence electrons. The lowest BCUT2D eigenvalue weighted by molar-refractivity contribution is 0.654. The van der Waals surface area contributed by atoms with Gasteiger partial charge in [-0.2, -0.15) is 0 Å². The Morgan fingerprint density at radius 3 is 3.14 bits per heavy atom. The van der Waals surface area contributed by atoms with Gasteiger partial charge in [0.2, 0.25) is 0 Å². The van der Waals surface area contributed by atoms with E-state index in [1.165, 1.54) is 11.3 Å². The molecule has 14 heavy (non-hydrogen) atoms. The molecule has 4 heteroatoms. The van der Waals surface area contributed by atoms with Crippen molar-refractivity contribution in [2.45, 2.75) is 13.3 Å². The van der Waals surface area contributed by atoms with Crippen molar-refractivity contribution >= 4 is 27.6 Å². The highest BCUT2D eigenvalue weighted by Gasteiger charge is 2.17. The molecule has 1 aliphatic rings. The molecule has 0 fully saturated rings. The van der Waals surface area contributed by atoms with Crippen molar-refractivity contribution in [1.82, 2.24) is 0 Å². The second-order valence-corrected chi connectivity index (χ2v) is 3.94. The van der Waals surface area contributed by atoms with E-state index in [9.17, 15) is 0 Å². The molecule has 1 aromatic carbocycles. The summed E-state index contributed by atoms with van der Waals surface area (Å²) >= 11 is 0.865. The van der Waals surface area contributed by atoms with Crippen LogP contribution in [0.2, 0.25) is 0 Å². The van der Waals surface area contributed by atoms with Crippen LogP contribution in [0.25, 0.3) is 0 Å². The van der Waals surface area contributed by atoms with Gasteiger partial charge in [-0.15, -0.1) is 0 Å². The first-order valence-corrected chi connectivity index (χ1v) is 6.25. The van der Waals surface area contributed by atoms with Crippen molar-refractivity contribution < 1.29 is 4.18 Å². The molecule has 2 nitrogen and oxygen atoms in total. The maximum atomic E-state index is 5.43. The molecule has 0 unspecified atom stereocenters. The SMILES string of the molecule is CCN1CCc2cc(OSCl)ccc21. The molecule has 1 aromatic rings. The topological polar surface area (TPSA) is 12.5 Å². The fourth-order valence-corrected chi connectivity index (χ4v) is 2.26. The molecule has 0 spiro atoms. The maximum absolute atomic E-state index is 5.43. The van der Waals surface area contributed by atoms with E-state index in [2.05, 4.69) is 24.0 Å². The number of halogens is 1. The maximum Gasteiger partial charge on any atom is 0.166 e. The molecule has 2 rings (SSSR count). The predicted octanol–water partition coefficient (Wildman–Crippen LogP) is 3.25. The first kappa shape index (κ1) is 9.99. The molecule has 0 saturated heterocycles. The van der Waals surface area contributed by atoms with E-state index in [1.807, 2.05) is 6.07 Å². The van der Waals surface area contributed by atoms with Crippen LogP contribution in [0.3, 0.4) is 0 Å². The Hall–Kier alpha value is -0.540. The van der Waals surface area contributed by atoms with Gasteiger partial charge in [0, 0.05) is 29.5 Å². The van der Waals surface area contributed by atoms with E-state index in [4.69, 9.17) is 14.9 Å². The lowest BCUT2D eigenvalue weighted by Gasteiger charge is -2.16. The Morgan fingerprint density at radius 1 is 1.57 bits per heavy atom. The number of hydrogen-bond acceptors (Lipinski definition) is 3. The number of rotatable bonds is 3. The van der Waals surface area contributed by atoms with Crippen LogP contribution in [-0.4, -0.2) is 13.1 Å². The van der Waals surface area contributed by atoms with Crippen molar-refractivity contribution in [2.24, 2.45) is 0 Å². The van der Waals surface area contributed by atoms with Gasteiger partial charge in [0.15, 0.2) is 11.3 Å². The Bertz CT molecular complexity index is 332. The third kappa shape index (κ3) is 1.79. The van der Waals surface area contributed by atoms with Gasteiger partial charge in [0.25, 0.3) is 0 Å². The molecule has 0 saturated carbocycles. The highest BCUT2D eigenvalue weighted by atomic mass is 35.7. The molecular weight excluding hydrogens is 218 g/mol. The summed E-state index contributed by atoms with van der Waals surface area (Å²) in [6, 6.07) is 6.14. The lowest BCUT2D eigenvalue weighted by atomic mass is 10.1. The molecular formula is C10H12ClNOS. The molecule has 0 aliphatic carbocycles. The highest BCUT2D eigenvalue weighted by molar-refractivity contribution is 8.17. The summed E-state index contributed by atoms with van der Waals surface area (Å²) in [5.74, 6) is 0.835. The van der Waals surface area contributed by atoms with Crippen LogP contribution in [0.1, 0.15) is 12.5 Å². The summed E-state index contributed by atoms with van der Waals surface area (Å²) in [6.45, 7) is 4.36. The van der Waals surface area contributed by atoms with E-state index >= 15 is 0 Å². The second-order valence-electron chi connectivity index (χ2n) is 3.27. The molecule has 0 atom stereocenters. The molecule has 0 bridgehead atoms. The molecule has 1 aliphatic heterocycles. The minimum Gasteiger partial charge on any atom is -0.409 e. The Labute approximate surface area is 92.9 Å². The number of anilines is 1.